The highest BCUT2D eigenvalue weighted by molar-refractivity contribution is 7.95. The van der Waals surface area contributed by atoms with Gasteiger partial charge in [0.25, 0.3) is 0 Å². The lowest BCUT2D eigenvalue weighted by Crippen LogP contribution is -2.35. The van der Waals surface area contributed by atoms with E-state index in [1.807, 2.05) is 0 Å². The average molecular weight is 309 g/mol. The third-order valence-corrected chi connectivity index (χ3v) is 4.71. The molecule has 1 aromatic rings. The fourth-order valence-corrected chi connectivity index (χ4v) is 2.66. The number of rotatable bonds is 5. The molecular formula is C10H13ClN2O3S2. The molecule has 0 aliphatic rings. The second-order valence-electron chi connectivity index (χ2n) is 3.54. The average Bonchev–Trinajstić information content (AvgIpc) is 2.27. The van der Waals surface area contributed by atoms with Crippen LogP contribution in [0.2, 0.25) is 5.02 Å². The number of hydrogen-bond acceptors (Lipinski definition) is 4. The van der Waals surface area contributed by atoms with Crippen molar-refractivity contribution >= 4 is 44.5 Å². The highest BCUT2D eigenvalue weighted by Gasteiger charge is 2.24. The van der Waals surface area contributed by atoms with E-state index in [0.29, 0.717) is 10.8 Å². The summed E-state index contributed by atoms with van der Waals surface area (Å²) in [5.74, 6) is 0.359. The number of nitrogens with two attached hydrogens (primary N) is 1. The van der Waals surface area contributed by atoms with Crippen LogP contribution in [0.3, 0.4) is 0 Å². The fraction of sp³-hybridized carbons (Fsp3) is 0.300. The summed E-state index contributed by atoms with van der Waals surface area (Å²) in [5, 5.41) is -0.604. The lowest BCUT2D eigenvalue weighted by atomic mass is 10.3. The molecule has 0 bridgehead atoms. The predicted molar refractivity (Wildman–Crippen MR) is 76.8 cm³/mol. The standard InChI is InChI=1S/C10H13ClN2O3S2/c1-6(10(12)17)18(14,15)13-8-5-7(11)3-4-9(8)16-2/h3-6,13H,1-2H3,(H2,12,17). The van der Waals surface area contributed by atoms with Gasteiger partial charge in [-0.15, -0.1) is 0 Å². The zero-order valence-corrected chi connectivity index (χ0v) is 12.2. The quantitative estimate of drug-likeness (QED) is 0.810. The summed E-state index contributed by atoms with van der Waals surface area (Å²) in [7, 11) is -2.29. The number of halogens is 1. The maximum absolute atomic E-state index is 11.9. The van der Waals surface area contributed by atoms with Gasteiger partial charge >= 0.3 is 0 Å². The van der Waals surface area contributed by atoms with Gasteiger partial charge in [-0.3, -0.25) is 4.72 Å². The van der Waals surface area contributed by atoms with Crippen molar-refractivity contribution in [3.63, 3.8) is 0 Å². The van der Waals surface area contributed by atoms with Crippen LogP contribution >= 0.6 is 23.8 Å². The zero-order chi connectivity index (χ0) is 13.9. The van der Waals surface area contributed by atoms with E-state index in [-0.39, 0.29) is 10.7 Å². The normalized spacial score (nSPS) is 12.8. The van der Waals surface area contributed by atoms with E-state index < -0.39 is 15.3 Å². The lowest BCUT2D eigenvalue weighted by Gasteiger charge is -2.15. The Bertz CT molecular complexity index is 560. The number of ether oxygens (including phenoxy) is 1. The van der Waals surface area contributed by atoms with Crippen molar-refractivity contribution in [3.05, 3.63) is 23.2 Å². The molecule has 8 heteroatoms. The molecule has 1 atom stereocenters. The smallest absolute Gasteiger partial charge is 0.242 e. The van der Waals surface area contributed by atoms with E-state index in [4.69, 9.17) is 22.1 Å². The molecule has 0 aromatic heterocycles. The van der Waals surface area contributed by atoms with Crippen molar-refractivity contribution in [3.8, 4) is 5.75 Å². The third-order valence-electron chi connectivity index (χ3n) is 2.28. The minimum Gasteiger partial charge on any atom is -0.495 e. The molecule has 0 radical (unpaired) electrons. The summed E-state index contributed by atoms with van der Waals surface area (Å²) in [6.45, 7) is 1.40. The van der Waals surface area contributed by atoms with Gasteiger partial charge in [-0.2, -0.15) is 0 Å². The first kappa shape index (κ1) is 15.0. The van der Waals surface area contributed by atoms with Crippen molar-refractivity contribution < 1.29 is 13.2 Å². The minimum absolute atomic E-state index is 0.108. The van der Waals surface area contributed by atoms with Gasteiger partial charge in [0, 0.05) is 5.02 Å². The van der Waals surface area contributed by atoms with Gasteiger partial charge in [0.1, 0.15) is 11.0 Å². The summed E-state index contributed by atoms with van der Waals surface area (Å²) in [4.78, 5) is -0.108. The number of anilines is 1. The van der Waals surface area contributed by atoms with Crippen LogP contribution in [0.4, 0.5) is 5.69 Å². The molecule has 0 saturated heterocycles. The molecule has 1 rings (SSSR count). The van der Waals surface area contributed by atoms with Crippen LogP contribution in [0.15, 0.2) is 18.2 Å². The summed E-state index contributed by atoms with van der Waals surface area (Å²) in [5.41, 5.74) is 5.57. The van der Waals surface area contributed by atoms with E-state index in [1.54, 1.807) is 12.1 Å². The van der Waals surface area contributed by atoms with Crippen molar-refractivity contribution in [2.24, 2.45) is 5.73 Å². The Hall–Kier alpha value is -1.05. The van der Waals surface area contributed by atoms with Crippen LogP contribution in [-0.4, -0.2) is 25.8 Å². The minimum atomic E-state index is -3.72. The molecule has 1 aromatic carbocycles. The Morgan fingerprint density at radius 3 is 2.67 bits per heavy atom. The van der Waals surface area contributed by atoms with Crippen molar-refractivity contribution in [1.29, 1.82) is 0 Å². The molecule has 0 heterocycles. The Labute approximate surface area is 116 Å². The number of nitrogens with one attached hydrogen (secondary N) is 1. The van der Waals surface area contributed by atoms with E-state index >= 15 is 0 Å². The van der Waals surface area contributed by atoms with Crippen LogP contribution in [0.1, 0.15) is 6.92 Å². The van der Waals surface area contributed by atoms with Gasteiger partial charge in [0.2, 0.25) is 10.0 Å². The van der Waals surface area contributed by atoms with Crippen LogP contribution in [0, 0.1) is 0 Å². The van der Waals surface area contributed by atoms with Gasteiger partial charge in [0.05, 0.1) is 17.8 Å². The number of methoxy groups -OCH3 is 1. The van der Waals surface area contributed by atoms with Gasteiger partial charge in [0.15, 0.2) is 0 Å². The van der Waals surface area contributed by atoms with E-state index in [0.717, 1.165) is 0 Å². The third kappa shape index (κ3) is 3.47. The number of thiocarbonyl (C=S) groups is 1. The maximum Gasteiger partial charge on any atom is 0.242 e. The maximum atomic E-state index is 11.9. The number of sulfonamides is 1. The summed E-state index contributed by atoms with van der Waals surface area (Å²) < 4.78 is 31.3. The molecule has 100 valence electrons. The molecule has 0 spiro atoms. The van der Waals surface area contributed by atoms with Gasteiger partial charge in [-0.1, -0.05) is 23.8 Å². The molecule has 5 nitrogen and oxygen atoms in total. The lowest BCUT2D eigenvalue weighted by molar-refractivity contribution is 0.417. The van der Waals surface area contributed by atoms with Crippen LogP contribution < -0.4 is 15.2 Å². The van der Waals surface area contributed by atoms with Crippen LogP contribution in [0.5, 0.6) is 5.75 Å². The molecule has 1 unspecified atom stereocenters. The van der Waals surface area contributed by atoms with Crippen molar-refractivity contribution in [2.75, 3.05) is 11.8 Å². The molecule has 0 fully saturated rings. The Morgan fingerprint density at radius 2 is 2.17 bits per heavy atom. The first-order valence-electron chi connectivity index (χ1n) is 4.92. The highest BCUT2D eigenvalue weighted by atomic mass is 35.5. The molecule has 0 saturated carbocycles. The molecular weight excluding hydrogens is 296 g/mol. The second kappa shape index (κ2) is 5.73. The molecule has 0 amide bonds. The summed E-state index contributed by atoms with van der Waals surface area (Å²) >= 11 is 10.5. The predicted octanol–water partition coefficient (Wildman–Crippen LogP) is 1.76. The Kier molecular flexibility index (Phi) is 4.78. The number of benzene rings is 1. The Balaban J connectivity index is 3.11. The van der Waals surface area contributed by atoms with Gasteiger partial charge < -0.3 is 10.5 Å². The van der Waals surface area contributed by atoms with Crippen LogP contribution in [0.25, 0.3) is 0 Å². The fourth-order valence-electron chi connectivity index (χ4n) is 1.15. The Morgan fingerprint density at radius 1 is 1.56 bits per heavy atom. The van der Waals surface area contributed by atoms with E-state index in [2.05, 4.69) is 16.9 Å². The second-order valence-corrected chi connectivity index (χ2v) is 6.45. The first-order chi connectivity index (χ1) is 8.27. The SMILES string of the molecule is COc1ccc(Cl)cc1NS(=O)(=O)C(C)C(N)=S. The monoisotopic (exact) mass is 308 g/mol. The molecule has 0 aliphatic heterocycles. The largest absolute Gasteiger partial charge is 0.495 e. The van der Waals surface area contributed by atoms with Gasteiger partial charge in [-0.05, 0) is 25.1 Å². The number of hydrogen-bond donors (Lipinski definition) is 2. The first-order valence-corrected chi connectivity index (χ1v) is 7.25. The summed E-state index contributed by atoms with van der Waals surface area (Å²) in [6, 6.07) is 4.60. The summed E-state index contributed by atoms with van der Waals surface area (Å²) in [6.07, 6.45) is 0. The van der Waals surface area contributed by atoms with E-state index in [9.17, 15) is 8.42 Å². The topological polar surface area (TPSA) is 81.4 Å². The molecule has 18 heavy (non-hydrogen) atoms. The molecule has 0 aliphatic carbocycles. The van der Waals surface area contributed by atoms with Gasteiger partial charge in [-0.25, -0.2) is 8.42 Å². The van der Waals surface area contributed by atoms with E-state index in [1.165, 1.54) is 20.1 Å². The van der Waals surface area contributed by atoms with Crippen molar-refractivity contribution in [2.45, 2.75) is 12.2 Å². The van der Waals surface area contributed by atoms with Crippen molar-refractivity contribution in [1.82, 2.24) is 0 Å². The molecule has 3 N–H and O–H groups in total. The highest BCUT2D eigenvalue weighted by Crippen LogP contribution is 2.29. The zero-order valence-electron chi connectivity index (χ0n) is 9.81. The van der Waals surface area contributed by atoms with Crippen LogP contribution in [-0.2, 0) is 10.0 Å².